The third-order valence-corrected chi connectivity index (χ3v) is 5.37. The minimum absolute atomic E-state index is 0.0549. The van der Waals surface area contributed by atoms with Gasteiger partial charge in [-0.1, -0.05) is 11.8 Å². The first kappa shape index (κ1) is 16.4. The van der Waals surface area contributed by atoms with Crippen molar-refractivity contribution in [3.8, 4) is 11.5 Å². The summed E-state index contributed by atoms with van der Waals surface area (Å²) < 4.78 is 13.4. The molecule has 0 radical (unpaired) electrons. The van der Waals surface area contributed by atoms with E-state index in [9.17, 15) is 4.79 Å². The van der Waals surface area contributed by atoms with E-state index in [1.165, 1.54) is 24.6 Å². The number of aromatic nitrogens is 3. The third-order valence-electron chi connectivity index (χ3n) is 4.41. The Morgan fingerprint density at radius 3 is 2.80 bits per heavy atom. The van der Waals surface area contributed by atoms with E-state index in [0.717, 1.165) is 23.9 Å². The second kappa shape index (κ2) is 7.07. The van der Waals surface area contributed by atoms with E-state index in [2.05, 4.69) is 21.7 Å². The van der Waals surface area contributed by atoms with Crippen molar-refractivity contribution in [1.82, 2.24) is 14.8 Å². The molecule has 2 aliphatic rings. The second-order valence-electron chi connectivity index (χ2n) is 6.28. The zero-order valence-electron chi connectivity index (χ0n) is 14.2. The van der Waals surface area contributed by atoms with Crippen LogP contribution < -0.4 is 9.47 Å². The number of rotatable bonds is 6. The van der Waals surface area contributed by atoms with E-state index in [4.69, 9.17) is 9.47 Å². The quantitative estimate of drug-likeness (QED) is 0.582. The van der Waals surface area contributed by atoms with E-state index >= 15 is 0 Å². The maximum atomic E-state index is 12.6. The van der Waals surface area contributed by atoms with Gasteiger partial charge in [0.1, 0.15) is 5.82 Å². The van der Waals surface area contributed by atoms with Crippen LogP contribution in [0.2, 0.25) is 0 Å². The summed E-state index contributed by atoms with van der Waals surface area (Å²) in [6.07, 6.45) is 3.24. The summed E-state index contributed by atoms with van der Waals surface area (Å²) in [5, 5.41) is 9.41. The third kappa shape index (κ3) is 3.51. The van der Waals surface area contributed by atoms with E-state index in [1.807, 2.05) is 6.07 Å². The summed E-state index contributed by atoms with van der Waals surface area (Å²) in [4.78, 5) is 12.6. The van der Waals surface area contributed by atoms with Crippen LogP contribution in [0.4, 0.5) is 0 Å². The van der Waals surface area contributed by atoms with E-state index in [-0.39, 0.29) is 5.78 Å². The molecule has 1 aromatic heterocycles. The molecule has 0 saturated heterocycles. The van der Waals surface area contributed by atoms with Crippen LogP contribution >= 0.6 is 11.8 Å². The second-order valence-corrected chi connectivity index (χ2v) is 7.23. The smallest absolute Gasteiger partial charge is 0.191 e. The van der Waals surface area contributed by atoms with Crippen LogP contribution in [-0.4, -0.2) is 39.5 Å². The van der Waals surface area contributed by atoms with Gasteiger partial charge >= 0.3 is 0 Å². The summed E-state index contributed by atoms with van der Waals surface area (Å²) in [6, 6.07) is 5.40. The number of ether oxygens (including phenoxy) is 2. The summed E-state index contributed by atoms with van der Waals surface area (Å²) in [7, 11) is 0. The SMILES string of the molecule is CCn1c(SCC(=O)c2ccc3c(c2)OCCCO3)nnc1C1CC1. The van der Waals surface area contributed by atoms with Gasteiger partial charge in [0, 0.05) is 24.4 Å². The molecule has 7 heteroatoms. The van der Waals surface area contributed by atoms with Gasteiger partial charge in [0.2, 0.25) is 0 Å². The molecule has 1 aliphatic carbocycles. The van der Waals surface area contributed by atoms with Crippen molar-refractivity contribution in [1.29, 1.82) is 0 Å². The molecule has 25 heavy (non-hydrogen) atoms. The number of hydrogen-bond donors (Lipinski definition) is 0. The molecule has 6 nitrogen and oxygen atoms in total. The van der Waals surface area contributed by atoms with Gasteiger partial charge in [-0.05, 0) is 38.0 Å². The number of ketones is 1. The van der Waals surface area contributed by atoms with Crippen LogP contribution in [-0.2, 0) is 6.54 Å². The Labute approximate surface area is 150 Å². The van der Waals surface area contributed by atoms with Crippen LogP contribution in [0.25, 0.3) is 0 Å². The highest BCUT2D eigenvalue weighted by atomic mass is 32.2. The molecule has 2 heterocycles. The van der Waals surface area contributed by atoms with Gasteiger partial charge in [-0.15, -0.1) is 10.2 Å². The molecule has 0 spiro atoms. The lowest BCUT2D eigenvalue weighted by atomic mass is 10.1. The molecule has 0 N–H and O–H groups in total. The van der Waals surface area contributed by atoms with Crippen LogP contribution in [0.15, 0.2) is 23.4 Å². The Morgan fingerprint density at radius 1 is 1.24 bits per heavy atom. The van der Waals surface area contributed by atoms with Gasteiger partial charge in [0.25, 0.3) is 0 Å². The fourth-order valence-electron chi connectivity index (χ4n) is 2.90. The highest BCUT2D eigenvalue weighted by molar-refractivity contribution is 7.99. The topological polar surface area (TPSA) is 66.2 Å². The molecule has 0 atom stereocenters. The van der Waals surface area contributed by atoms with Gasteiger partial charge in [-0.3, -0.25) is 4.79 Å². The minimum atomic E-state index is 0.0549. The highest BCUT2D eigenvalue weighted by Gasteiger charge is 2.30. The Morgan fingerprint density at radius 2 is 2.04 bits per heavy atom. The monoisotopic (exact) mass is 359 g/mol. The standard InChI is InChI=1S/C18H21N3O3S/c1-2-21-17(12-4-5-12)19-20-18(21)25-11-14(22)13-6-7-15-16(10-13)24-9-3-8-23-15/h6-7,10,12H,2-5,8-9,11H2,1H3. The number of nitrogens with zero attached hydrogens (tertiary/aromatic N) is 3. The van der Waals surface area contributed by atoms with Crippen molar-refractivity contribution in [2.24, 2.45) is 0 Å². The molecular formula is C18H21N3O3S. The average Bonchev–Trinajstić information content (AvgIpc) is 3.43. The van der Waals surface area contributed by atoms with Crippen molar-refractivity contribution < 1.29 is 14.3 Å². The number of hydrogen-bond acceptors (Lipinski definition) is 6. The van der Waals surface area contributed by atoms with Gasteiger partial charge in [-0.25, -0.2) is 0 Å². The summed E-state index contributed by atoms with van der Waals surface area (Å²) >= 11 is 1.45. The predicted molar refractivity (Wildman–Crippen MR) is 94.8 cm³/mol. The molecule has 4 rings (SSSR count). The Bertz CT molecular complexity index is 786. The molecule has 1 aliphatic heterocycles. The van der Waals surface area contributed by atoms with Gasteiger partial charge in [0.05, 0.1) is 19.0 Å². The van der Waals surface area contributed by atoms with Crippen LogP contribution in [0.5, 0.6) is 11.5 Å². The zero-order chi connectivity index (χ0) is 17.2. The average molecular weight is 359 g/mol. The number of fused-ring (bicyclic) bond motifs is 1. The molecule has 2 aromatic rings. The normalized spacial score (nSPS) is 16.5. The van der Waals surface area contributed by atoms with Crippen LogP contribution in [0.3, 0.4) is 0 Å². The Balaban J connectivity index is 1.45. The lowest BCUT2D eigenvalue weighted by Crippen LogP contribution is -2.06. The molecule has 0 bridgehead atoms. The lowest BCUT2D eigenvalue weighted by molar-refractivity contribution is 0.102. The van der Waals surface area contributed by atoms with Crippen molar-refractivity contribution in [2.75, 3.05) is 19.0 Å². The van der Waals surface area contributed by atoms with Gasteiger partial charge in [-0.2, -0.15) is 0 Å². The highest BCUT2D eigenvalue weighted by Crippen LogP contribution is 2.40. The maximum absolute atomic E-state index is 12.6. The number of thioether (sulfide) groups is 1. The Hall–Kier alpha value is -2.02. The van der Waals surface area contributed by atoms with Crippen LogP contribution in [0, 0.1) is 0 Å². The first-order valence-corrected chi connectivity index (χ1v) is 9.73. The molecule has 0 unspecified atom stereocenters. The van der Waals surface area contributed by atoms with Crippen LogP contribution in [0.1, 0.15) is 48.3 Å². The summed E-state index contributed by atoms with van der Waals surface area (Å²) in [5.41, 5.74) is 0.640. The zero-order valence-corrected chi connectivity index (χ0v) is 15.1. The number of carbonyl (C=O) groups excluding carboxylic acids is 1. The number of Topliss-reactive ketones (excluding diaryl/α,β-unsaturated/α-hetero) is 1. The van der Waals surface area contributed by atoms with E-state index < -0.39 is 0 Å². The molecule has 0 amide bonds. The Kier molecular flexibility index (Phi) is 4.65. The van der Waals surface area contributed by atoms with Crippen molar-refractivity contribution in [3.05, 3.63) is 29.6 Å². The molecule has 132 valence electrons. The number of carbonyl (C=O) groups is 1. The van der Waals surface area contributed by atoms with Crippen molar-refractivity contribution in [2.45, 2.75) is 43.8 Å². The molecule has 1 fully saturated rings. The molecule has 1 aromatic carbocycles. The number of benzene rings is 1. The minimum Gasteiger partial charge on any atom is -0.490 e. The van der Waals surface area contributed by atoms with E-state index in [1.54, 1.807) is 12.1 Å². The van der Waals surface area contributed by atoms with Crippen molar-refractivity contribution in [3.63, 3.8) is 0 Å². The fourth-order valence-corrected chi connectivity index (χ4v) is 3.80. The van der Waals surface area contributed by atoms with Gasteiger partial charge in [0.15, 0.2) is 22.4 Å². The predicted octanol–water partition coefficient (Wildman–Crippen LogP) is 3.31. The molecule has 1 saturated carbocycles. The molecular weight excluding hydrogens is 338 g/mol. The van der Waals surface area contributed by atoms with E-state index in [0.29, 0.717) is 41.9 Å². The maximum Gasteiger partial charge on any atom is 0.191 e. The first-order valence-electron chi connectivity index (χ1n) is 8.75. The van der Waals surface area contributed by atoms with Gasteiger partial charge < -0.3 is 14.0 Å². The summed E-state index contributed by atoms with van der Waals surface area (Å²) in [5.74, 6) is 3.37. The fraction of sp³-hybridized carbons (Fsp3) is 0.500. The summed E-state index contributed by atoms with van der Waals surface area (Å²) in [6.45, 7) is 4.18. The van der Waals surface area contributed by atoms with Crippen molar-refractivity contribution >= 4 is 17.5 Å². The lowest BCUT2D eigenvalue weighted by Gasteiger charge is -2.09. The largest absolute Gasteiger partial charge is 0.490 e. The first-order chi connectivity index (χ1) is 12.3.